The first kappa shape index (κ1) is 17.0. The van der Waals surface area contributed by atoms with Gasteiger partial charge in [-0.2, -0.15) is 0 Å². The third-order valence-electron chi connectivity index (χ3n) is 2.85. The number of nitro benzene ring substituents is 1. The van der Waals surface area contributed by atoms with Crippen LogP contribution in [0.3, 0.4) is 0 Å². The fourth-order valence-corrected chi connectivity index (χ4v) is 1.70. The van der Waals surface area contributed by atoms with Gasteiger partial charge in [-0.25, -0.2) is 13.6 Å². The van der Waals surface area contributed by atoms with Crippen LogP contribution in [0.5, 0.6) is 0 Å². The van der Waals surface area contributed by atoms with E-state index in [1.54, 1.807) is 0 Å². The zero-order chi connectivity index (χ0) is 17.7. The second-order valence-electron chi connectivity index (χ2n) is 4.56. The van der Waals surface area contributed by atoms with Gasteiger partial charge in [0.1, 0.15) is 0 Å². The Labute approximate surface area is 134 Å². The van der Waals surface area contributed by atoms with Crippen molar-refractivity contribution >= 4 is 23.3 Å². The van der Waals surface area contributed by atoms with Crippen LogP contribution in [0, 0.1) is 21.7 Å². The summed E-state index contributed by atoms with van der Waals surface area (Å²) in [5.74, 6) is -3.80. The first-order chi connectivity index (χ1) is 11.4. The Morgan fingerprint density at radius 2 is 1.75 bits per heavy atom. The summed E-state index contributed by atoms with van der Waals surface area (Å²) in [4.78, 5) is 33.2. The van der Waals surface area contributed by atoms with E-state index in [0.717, 1.165) is 30.3 Å². The lowest BCUT2D eigenvalue weighted by Crippen LogP contribution is -2.21. The number of benzene rings is 2. The van der Waals surface area contributed by atoms with E-state index in [4.69, 9.17) is 4.74 Å². The lowest BCUT2D eigenvalue weighted by Gasteiger charge is -2.07. The molecule has 0 aliphatic rings. The highest BCUT2D eigenvalue weighted by molar-refractivity contribution is 5.95. The smallest absolute Gasteiger partial charge is 0.338 e. The number of ether oxygens (including phenoxy) is 1. The number of anilines is 1. The highest BCUT2D eigenvalue weighted by Gasteiger charge is 2.13. The number of hydrogen-bond donors (Lipinski definition) is 1. The molecule has 0 saturated heterocycles. The van der Waals surface area contributed by atoms with Gasteiger partial charge in [-0.05, 0) is 24.3 Å². The highest BCUT2D eigenvalue weighted by atomic mass is 19.2. The predicted molar refractivity (Wildman–Crippen MR) is 78.4 cm³/mol. The van der Waals surface area contributed by atoms with Crippen LogP contribution in [-0.4, -0.2) is 23.4 Å². The summed E-state index contributed by atoms with van der Waals surface area (Å²) in [7, 11) is 0. The van der Waals surface area contributed by atoms with E-state index in [1.807, 2.05) is 0 Å². The summed E-state index contributed by atoms with van der Waals surface area (Å²) >= 11 is 0. The minimum absolute atomic E-state index is 0.00489. The maximum Gasteiger partial charge on any atom is 0.338 e. The monoisotopic (exact) mass is 336 g/mol. The molecule has 0 unspecified atom stereocenters. The molecule has 0 saturated carbocycles. The fraction of sp³-hybridized carbons (Fsp3) is 0.0667. The molecule has 0 fully saturated rings. The topological polar surface area (TPSA) is 98.5 Å². The maximum atomic E-state index is 13.0. The molecule has 1 N–H and O–H groups in total. The largest absolute Gasteiger partial charge is 0.452 e. The van der Waals surface area contributed by atoms with Crippen molar-refractivity contribution < 1.29 is 28.0 Å². The van der Waals surface area contributed by atoms with Gasteiger partial charge < -0.3 is 10.1 Å². The fourth-order valence-electron chi connectivity index (χ4n) is 1.70. The maximum absolute atomic E-state index is 13.0. The minimum atomic E-state index is -1.13. The van der Waals surface area contributed by atoms with Crippen LogP contribution in [-0.2, 0) is 9.53 Å². The zero-order valence-corrected chi connectivity index (χ0v) is 12.0. The molecule has 2 aromatic rings. The van der Waals surface area contributed by atoms with Crippen LogP contribution >= 0.6 is 0 Å². The second kappa shape index (κ2) is 7.27. The molecule has 0 atom stereocenters. The molecule has 0 aliphatic carbocycles. The second-order valence-corrected chi connectivity index (χ2v) is 4.56. The molecule has 0 aliphatic heterocycles. The average molecular weight is 336 g/mol. The molecular formula is C15H10F2N2O5. The van der Waals surface area contributed by atoms with Crippen molar-refractivity contribution in [2.24, 2.45) is 0 Å². The number of non-ortho nitro benzene ring substituents is 1. The van der Waals surface area contributed by atoms with Crippen molar-refractivity contribution in [2.75, 3.05) is 11.9 Å². The molecule has 124 valence electrons. The van der Waals surface area contributed by atoms with Crippen molar-refractivity contribution in [1.29, 1.82) is 0 Å². The van der Waals surface area contributed by atoms with Crippen molar-refractivity contribution in [3.05, 3.63) is 69.8 Å². The molecule has 7 nitrogen and oxygen atoms in total. The number of nitro groups is 1. The number of nitrogens with zero attached hydrogens (tertiary/aromatic N) is 1. The van der Waals surface area contributed by atoms with Crippen LogP contribution in [0.4, 0.5) is 20.2 Å². The Bertz CT molecular complexity index is 793. The first-order valence-electron chi connectivity index (χ1n) is 6.53. The standard InChI is InChI=1S/C15H10F2N2O5/c16-12-6-3-10(7-13(12)17)18-14(20)8-24-15(21)9-1-4-11(5-2-9)19(22)23/h1-7H,8H2,(H,18,20). The normalized spacial score (nSPS) is 10.1. The molecule has 9 heteroatoms. The number of hydrogen-bond acceptors (Lipinski definition) is 5. The number of halogens is 2. The van der Waals surface area contributed by atoms with E-state index in [0.29, 0.717) is 0 Å². The zero-order valence-electron chi connectivity index (χ0n) is 12.0. The van der Waals surface area contributed by atoms with Crippen LogP contribution < -0.4 is 5.32 Å². The molecule has 2 aromatic carbocycles. The summed E-state index contributed by atoms with van der Waals surface area (Å²) in [6.07, 6.45) is 0. The lowest BCUT2D eigenvalue weighted by molar-refractivity contribution is -0.384. The van der Waals surface area contributed by atoms with Gasteiger partial charge in [0.05, 0.1) is 10.5 Å². The van der Waals surface area contributed by atoms with Crippen molar-refractivity contribution in [2.45, 2.75) is 0 Å². The summed E-state index contributed by atoms with van der Waals surface area (Å²) in [6.45, 7) is -0.658. The van der Waals surface area contributed by atoms with E-state index >= 15 is 0 Å². The number of carbonyl (C=O) groups excluding carboxylic acids is 2. The van der Waals surface area contributed by atoms with E-state index in [1.165, 1.54) is 12.1 Å². The average Bonchev–Trinajstić information content (AvgIpc) is 2.56. The highest BCUT2D eigenvalue weighted by Crippen LogP contribution is 2.14. The van der Waals surface area contributed by atoms with Crippen LogP contribution in [0.15, 0.2) is 42.5 Å². The van der Waals surface area contributed by atoms with E-state index in [-0.39, 0.29) is 16.9 Å². The Kier molecular flexibility index (Phi) is 5.15. The van der Waals surface area contributed by atoms with Gasteiger partial charge in [-0.1, -0.05) is 0 Å². The van der Waals surface area contributed by atoms with Crippen LogP contribution in [0.25, 0.3) is 0 Å². The molecule has 0 aromatic heterocycles. The van der Waals surface area contributed by atoms with Crippen molar-refractivity contribution in [3.63, 3.8) is 0 Å². The summed E-state index contributed by atoms with van der Waals surface area (Å²) in [5.41, 5.74) is -0.158. The first-order valence-corrected chi connectivity index (χ1v) is 6.53. The van der Waals surface area contributed by atoms with Gasteiger partial charge in [-0.15, -0.1) is 0 Å². The van der Waals surface area contributed by atoms with E-state index in [9.17, 15) is 28.5 Å². The van der Waals surface area contributed by atoms with Crippen LogP contribution in [0.2, 0.25) is 0 Å². The summed E-state index contributed by atoms with van der Waals surface area (Å²) in [5, 5.41) is 12.7. The van der Waals surface area contributed by atoms with Gasteiger partial charge >= 0.3 is 5.97 Å². The molecule has 0 heterocycles. The Hall–Kier alpha value is -3.36. The van der Waals surface area contributed by atoms with Gasteiger partial charge in [0.25, 0.3) is 11.6 Å². The molecule has 2 rings (SSSR count). The van der Waals surface area contributed by atoms with E-state index < -0.39 is 35.0 Å². The molecule has 0 radical (unpaired) electrons. The number of carbonyl (C=O) groups is 2. The molecule has 1 amide bonds. The summed E-state index contributed by atoms with van der Waals surface area (Å²) < 4.78 is 30.5. The summed E-state index contributed by atoms with van der Waals surface area (Å²) in [6, 6.07) is 7.39. The molecular weight excluding hydrogens is 326 g/mol. The van der Waals surface area contributed by atoms with Crippen molar-refractivity contribution in [3.8, 4) is 0 Å². The Morgan fingerprint density at radius 1 is 1.08 bits per heavy atom. The molecule has 24 heavy (non-hydrogen) atoms. The SMILES string of the molecule is O=C(COC(=O)c1ccc([N+](=O)[O-])cc1)Nc1ccc(F)c(F)c1. The predicted octanol–water partition coefficient (Wildman–Crippen LogP) is 2.67. The molecule has 0 spiro atoms. The number of nitrogens with one attached hydrogen (secondary N) is 1. The van der Waals surface area contributed by atoms with Gasteiger partial charge in [0.2, 0.25) is 0 Å². The van der Waals surface area contributed by atoms with Crippen LogP contribution in [0.1, 0.15) is 10.4 Å². The third kappa shape index (κ3) is 4.32. The number of rotatable bonds is 5. The van der Waals surface area contributed by atoms with Gasteiger partial charge in [0, 0.05) is 23.9 Å². The Balaban J connectivity index is 1.89. The third-order valence-corrected chi connectivity index (χ3v) is 2.85. The number of amides is 1. The lowest BCUT2D eigenvalue weighted by atomic mass is 10.2. The van der Waals surface area contributed by atoms with Crippen molar-refractivity contribution in [1.82, 2.24) is 0 Å². The number of esters is 1. The Morgan fingerprint density at radius 3 is 2.33 bits per heavy atom. The quantitative estimate of drug-likeness (QED) is 0.514. The minimum Gasteiger partial charge on any atom is -0.452 e. The van der Waals surface area contributed by atoms with Gasteiger partial charge in [-0.3, -0.25) is 14.9 Å². The van der Waals surface area contributed by atoms with Gasteiger partial charge in [0.15, 0.2) is 18.2 Å². The van der Waals surface area contributed by atoms with E-state index in [2.05, 4.69) is 5.32 Å². The molecule has 0 bridgehead atoms.